The number of piperazine rings is 1. The Hall–Kier alpha value is -1.02. The van der Waals surface area contributed by atoms with E-state index < -0.39 is 10.0 Å². The van der Waals surface area contributed by atoms with Crippen LogP contribution >= 0.6 is 12.4 Å². The maximum absolute atomic E-state index is 12.5. The van der Waals surface area contributed by atoms with E-state index in [1.807, 2.05) is 6.92 Å². The molecular weight excluding hydrogens is 304 g/mol. The monoisotopic (exact) mass is 320 g/mol. The van der Waals surface area contributed by atoms with Crippen molar-refractivity contribution in [2.75, 3.05) is 26.4 Å². The highest BCUT2D eigenvalue weighted by Gasteiger charge is 2.29. The lowest BCUT2D eigenvalue weighted by Crippen LogP contribution is -2.51. The highest BCUT2D eigenvalue weighted by atomic mass is 35.5. The fraction of sp³-hybridized carbons (Fsp3) is 0.500. The summed E-state index contributed by atoms with van der Waals surface area (Å²) in [7, 11) is -3.46. The van der Waals surface area contributed by atoms with Gasteiger partial charge >= 0.3 is 0 Å². The van der Waals surface area contributed by atoms with Gasteiger partial charge in [-0.05, 0) is 19.1 Å². The maximum atomic E-state index is 12.5. The number of nitrogens with one attached hydrogen (secondary N) is 1. The van der Waals surface area contributed by atoms with E-state index in [2.05, 4.69) is 5.32 Å². The second-order valence-corrected chi connectivity index (χ2v) is 6.67. The average molecular weight is 321 g/mol. The quantitative estimate of drug-likeness (QED) is 0.874. The molecule has 0 aliphatic carbocycles. The maximum Gasteiger partial charge on any atom is 0.243 e. The van der Waals surface area contributed by atoms with Gasteiger partial charge < -0.3 is 14.8 Å². The van der Waals surface area contributed by atoms with Crippen molar-refractivity contribution in [3.05, 3.63) is 18.2 Å². The van der Waals surface area contributed by atoms with Crippen LogP contribution in [-0.2, 0) is 10.0 Å². The molecule has 0 radical (unpaired) electrons. The zero-order valence-corrected chi connectivity index (χ0v) is 12.7. The molecule has 1 saturated heterocycles. The second-order valence-electron chi connectivity index (χ2n) is 4.73. The van der Waals surface area contributed by atoms with E-state index in [-0.39, 0.29) is 30.1 Å². The molecule has 2 aliphatic rings. The predicted octanol–water partition coefficient (Wildman–Crippen LogP) is 0.820. The number of hydrogen-bond acceptors (Lipinski definition) is 5. The van der Waals surface area contributed by atoms with E-state index in [0.29, 0.717) is 31.1 Å². The van der Waals surface area contributed by atoms with Gasteiger partial charge in [0.05, 0.1) is 4.90 Å². The summed E-state index contributed by atoms with van der Waals surface area (Å²) in [5.74, 6) is 1.08. The molecule has 0 bridgehead atoms. The summed E-state index contributed by atoms with van der Waals surface area (Å²) >= 11 is 0. The molecule has 2 heterocycles. The summed E-state index contributed by atoms with van der Waals surface area (Å²) in [5, 5.41) is 3.23. The van der Waals surface area contributed by atoms with Crippen LogP contribution in [0.3, 0.4) is 0 Å². The van der Waals surface area contributed by atoms with Crippen molar-refractivity contribution in [2.24, 2.45) is 0 Å². The Morgan fingerprint density at radius 1 is 1.30 bits per heavy atom. The van der Waals surface area contributed by atoms with Crippen LogP contribution in [0, 0.1) is 0 Å². The first-order valence-electron chi connectivity index (χ1n) is 6.20. The number of nitrogens with zero attached hydrogens (tertiary/aromatic N) is 1. The Labute approximate surface area is 124 Å². The third kappa shape index (κ3) is 2.71. The largest absolute Gasteiger partial charge is 0.454 e. The van der Waals surface area contributed by atoms with Crippen molar-refractivity contribution in [1.82, 2.24) is 9.62 Å². The summed E-state index contributed by atoms with van der Waals surface area (Å²) in [4.78, 5) is 0.255. The minimum Gasteiger partial charge on any atom is -0.454 e. The van der Waals surface area contributed by atoms with E-state index in [0.717, 1.165) is 0 Å². The van der Waals surface area contributed by atoms with Gasteiger partial charge in [0.1, 0.15) is 0 Å². The molecule has 20 heavy (non-hydrogen) atoms. The van der Waals surface area contributed by atoms with Crippen LogP contribution in [-0.4, -0.2) is 45.2 Å². The van der Waals surface area contributed by atoms with Gasteiger partial charge in [-0.15, -0.1) is 12.4 Å². The molecule has 0 saturated carbocycles. The lowest BCUT2D eigenvalue weighted by atomic mass is 10.3. The minimum atomic E-state index is -3.46. The van der Waals surface area contributed by atoms with Gasteiger partial charge in [0, 0.05) is 31.7 Å². The van der Waals surface area contributed by atoms with Crippen LogP contribution in [0.5, 0.6) is 11.5 Å². The van der Waals surface area contributed by atoms with Crippen molar-refractivity contribution >= 4 is 22.4 Å². The van der Waals surface area contributed by atoms with Crippen molar-refractivity contribution in [3.63, 3.8) is 0 Å². The first kappa shape index (κ1) is 15.4. The lowest BCUT2D eigenvalue weighted by Gasteiger charge is -2.31. The first-order valence-corrected chi connectivity index (χ1v) is 7.64. The van der Waals surface area contributed by atoms with Gasteiger partial charge in [-0.2, -0.15) is 4.31 Å². The summed E-state index contributed by atoms with van der Waals surface area (Å²) in [6.45, 7) is 3.76. The van der Waals surface area contributed by atoms with E-state index >= 15 is 0 Å². The van der Waals surface area contributed by atoms with Crippen molar-refractivity contribution in [3.8, 4) is 11.5 Å². The first-order chi connectivity index (χ1) is 9.07. The van der Waals surface area contributed by atoms with Crippen molar-refractivity contribution in [1.29, 1.82) is 0 Å². The smallest absolute Gasteiger partial charge is 0.243 e. The van der Waals surface area contributed by atoms with Gasteiger partial charge in [-0.1, -0.05) is 0 Å². The number of rotatable bonds is 2. The third-order valence-corrected chi connectivity index (χ3v) is 5.17. The third-order valence-electron chi connectivity index (χ3n) is 3.31. The Balaban J connectivity index is 0.00000147. The molecular formula is C12H17ClN2O4S. The predicted molar refractivity (Wildman–Crippen MR) is 76.0 cm³/mol. The SMILES string of the molecule is CC1CN(S(=O)(=O)c2ccc3c(c2)OCO3)CCN1.Cl. The van der Waals surface area contributed by atoms with Crippen molar-refractivity contribution in [2.45, 2.75) is 17.9 Å². The molecule has 3 rings (SSSR count). The fourth-order valence-corrected chi connectivity index (χ4v) is 3.85. The Morgan fingerprint density at radius 2 is 2.05 bits per heavy atom. The fourth-order valence-electron chi connectivity index (χ4n) is 2.30. The molecule has 1 unspecified atom stereocenters. The number of hydrogen-bond donors (Lipinski definition) is 1. The van der Waals surface area contributed by atoms with E-state index in [1.165, 1.54) is 10.4 Å². The molecule has 2 aliphatic heterocycles. The van der Waals surface area contributed by atoms with Crippen LogP contribution in [0.25, 0.3) is 0 Å². The number of sulfonamides is 1. The second kappa shape index (κ2) is 5.77. The highest BCUT2D eigenvalue weighted by molar-refractivity contribution is 7.89. The topological polar surface area (TPSA) is 67.9 Å². The lowest BCUT2D eigenvalue weighted by molar-refractivity contribution is 0.174. The Kier molecular flexibility index (Phi) is 4.43. The van der Waals surface area contributed by atoms with Crippen LogP contribution < -0.4 is 14.8 Å². The van der Waals surface area contributed by atoms with Crippen LogP contribution in [0.4, 0.5) is 0 Å². The number of ether oxygens (including phenoxy) is 2. The summed E-state index contributed by atoms with van der Waals surface area (Å²) in [5.41, 5.74) is 0. The molecule has 1 N–H and O–H groups in total. The van der Waals surface area contributed by atoms with Crippen LogP contribution in [0.2, 0.25) is 0 Å². The van der Waals surface area contributed by atoms with Gasteiger partial charge in [0.15, 0.2) is 11.5 Å². The van der Waals surface area contributed by atoms with Gasteiger partial charge in [0.2, 0.25) is 16.8 Å². The number of fused-ring (bicyclic) bond motifs is 1. The van der Waals surface area contributed by atoms with Crippen LogP contribution in [0.15, 0.2) is 23.1 Å². The standard InChI is InChI=1S/C12H16N2O4S.ClH/c1-9-7-14(5-4-13-9)19(15,16)10-2-3-11-12(6-10)18-8-17-11;/h2-3,6,9,13H,4-5,7-8H2,1H3;1H. The zero-order valence-electron chi connectivity index (χ0n) is 11.0. The van der Waals surface area contributed by atoms with E-state index in [9.17, 15) is 8.42 Å². The molecule has 1 atom stereocenters. The molecule has 112 valence electrons. The number of halogens is 1. The molecule has 1 aromatic rings. The van der Waals surface area contributed by atoms with Crippen LogP contribution in [0.1, 0.15) is 6.92 Å². The average Bonchev–Trinajstić information content (AvgIpc) is 2.85. The van der Waals surface area contributed by atoms with Crippen molar-refractivity contribution < 1.29 is 17.9 Å². The molecule has 6 nitrogen and oxygen atoms in total. The molecule has 0 aromatic heterocycles. The molecule has 0 spiro atoms. The van der Waals surface area contributed by atoms with E-state index in [1.54, 1.807) is 12.1 Å². The highest BCUT2D eigenvalue weighted by Crippen LogP contribution is 2.34. The summed E-state index contributed by atoms with van der Waals surface area (Å²) < 4.78 is 37.0. The Bertz CT molecular complexity index is 593. The van der Waals surface area contributed by atoms with Gasteiger partial charge in [0.25, 0.3) is 0 Å². The molecule has 0 amide bonds. The molecule has 8 heteroatoms. The summed E-state index contributed by atoms with van der Waals surface area (Å²) in [6, 6.07) is 4.90. The summed E-state index contributed by atoms with van der Waals surface area (Å²) in [6.07, 6.45) is 0. The number of benzene rings is 1. The Morgan fingerprint density at radius 3 is 2.80 bits per heavy atom. The van der Waals surface area contributed by atoms with Gasteiger partial charge in [-0.25, -0.2) is 8.42 Å². The molecule has 1 aromatic carbocycles. The zero-order chi connectivity index (χ0) is 13.5. The van der Waals surface area contributed by atoms with E-state index in [4.69, 9.17) is 9.47 Å². The molecule has 1 fully saturated rings. The van der Waals surface area contributed by atoms with Gasteiger partial charge in [-0.3, -0.25) is 0 Å². The minimum absolute atomic E-state index is 0. The normalized spacial score (nSPS) is 22.4.